The monoisotopic (exact) mass is 396 g/mol. The van der Waals surface area contributed by atoms with E-state index in [1.54, 1.807) is 11.9 Å². The zero-order chi connectivity index (χ0) is 20.4. The number of carbonyl (C=O) groups excluding carboxylic acids is 2. The van der Waals surface area contributed by atoms with Gasteiger partial charge in [0, 0.05) is 32.9 Å². The van der Waals surface area contributed by atoms with Crippen molar-refractivity contribution in [2.24, 2.45) is 18.4 Å². The highest BCUT2D eigenvalue weighted by molar-refractivity contribution is 5.92. The maximum atomic E-state index is 12.8. The van der Waals surface area contributed by atoms with Crippen LogP contribution in [0.4, 0.5) is 0 Å². The summed E-state index contributed by atoms with van der Waals surface area (Å²) in [7, 11) is 1.59. The summed E-state index contributed by atoms with van der Waals surface area (Å²) in [5.41, 5.74) is 1.03. The van der Waals surface area contributed by atoms with Gasteiger partial charge < -0.3 is 15.2 Å². The van der Waals surface area contributed by atoms with Gasteiger partial charge in [-0.2, -0.15) is 0 Å². The summed E-state index contributed by atoms with van der Waals surface area (Å²) in [6.07, 6.45) is 6.02. The van der Waals surface area contributed by atoms with E-state index in [0.717, 1.165) is 32.1 Å². The normalized spacial score (nSPS) is 20.3. The van der Waals surface area contributed by atoms with Crippen LogP contribution < -0.4 is 11.0 Å². The molecule has 1 atom stereocenters. The zero-order valence-corrected chi connectivity index (χ0v) is 16.8. The summed E-state index contributed by atoms with van der Waals surface area (Å²) < 4.78 is 1.34. The first-order chi connectivity index (χ1) is 14.0. The molecule has 1 aliphatic carbocycles. The molecule has 1 aromatic carbocycles. The summed E-state index contributed by atoms with van der Waals surface area (Å²) >= 11 is 0. The molecule has 0 bridgehead atoms. The second-order valence-corrected chi connectivity index (χ2v) is 8.45. The second-order valence-electron chi connectivity index (χ2n) is 8.45. The highest BCUT2D eigenvalue weighted by Gasteiger charge is 2.49. The molecule has 2 N–H and O–H groups in total. The van der Waals surface area contributed by atoms with Gasteiger partial charge in [0.25, 0.3) is 5.91 Å². The fourth-order valence-electron chi connectivity index (χ4n) is 4.26. The standard InChI is InChI=1S/C22H28N4O3/c1-25-18(14-24-21(25)29)19(27)26-11-5-8-17(15-26)13-23-20(28)22(9-10-22)12-16-6-3-2-4-7-16/h2-4,6-7,14,17H,5,8-13,15H2,1H3,(H,23,28)(H,24,29). The predicted octanol–water partition coefficient (Wildman–Crippen LogP) is 1.70. The van der Waals surface area contributed by atoms with Gasteiger partial charge in [-0.25, -0.2) is 4.79 Å². The fraction of sp³-hybridized carbons (Fsp3) is 0.500. The molecule has 1 saturated carbocycles. The number of rotatable bonds is 6. The smallest absolute Gasteiger partial charge is 0.325 e. The summed E-state index contributed by atoms with van der Waals surface area (Å²) in [6.45, 7) is 1.87. The molecular formula is C22H28N4O3. The molecule has 2 amide bonds. The van der Waals surface area contributed by atoms with Crippen molar-refractivity contribution in [3.8, 4) is 0 Å². The maximum absolute atomic E-state index is 12.8. The van der Waals surface area contributed by atoms with Crippen molar-refractivity contribution in [2.45, 2.75) is 32.1 Å². The highest BCUT2D eigenvalue weighted by Crippen LogP contribution is 2.48. The minimum Gasteiger partial charge on any atom is -0.355 e. The number of imidazole rings is 1. The Hall–Kier alpha value is -2.83. The lowest BCUT2D eigenvalue weighted by molar-refractivity contribution is -0.126. The van der Waals surface area contributed by atoms with E-state index >= 15 is 0 Å². The van der Waals surface area contributed by atoms with Crippen LogP contribution in [0.3, 0.4) is 0 Å². The Kier molecular flexibility index (Phi) is 5.30. The minimum absolute atomic E-state index is 0.135. The van der Waals surface area contributed by atoms with Crippen LogP contribution in [0.1, 0.15) is 41.7 Å². The third-order valence-corrected chi connectivity index (χ3v) is 6.30. The average molecular weight is 396 g/mol. The largest absolute Gasteiger partial charge is 0.355 e. The summed E-state index contributed by atoms with van der Waals surface area (Å²) in [4.78, 5) is 41.5. The highest BCUT2D eigenvalue weighted by atomic mass is 16.2. The number of hydrogen-bond acceptors (Lipinski definition) is 3. The number of likely N-dealkylation sites (tertiary alicyclic amines) is 1. The van der Waals surface area contributed by atoms with Crippen LogP contribution in [0, 0.1) is 11.3 Å². The van der Waals surface area contributed by atoms with Crippen molar-refractivity contribution >= 4 is 11.8 Å². The molecule has 154 valence electrons. The number of aromatic nitrogens is 2. The maximum Gasteiger partial charge on any atom is 0.325 e. The molecule has 1 aliphatic heterocycles. The molecule has 0 radical (unpaired) electrons. The molecule has 0 spiro atoms. The van der Waals surface area contributed by atoms with E-state index in [4.69, 9.17) is 0 Å². The molecule has 2 heterocycles. The van der Waals surface area contributed by atoms with E-state index in [-0.39, 0.29) is 28.8 Å². The van der Waals surface area contributed by atoms with Gasteiger partial charge in [-0.05, 0) is 43.6 Å². The van der Waals surface area contributed by atoms with Crippen LogP contribution in [0.5, 0.6) is 0 Å². The van der Waals surface area contributed by atoms with Crippen molar-refractivity contribution in [3.05, 3.63) is 58.3 Å². The second kappa shape index (κ2) is 7.89. The minimum atomic E-state index is -0.290. The van der Waals surface area contributed by atoms with Crippen molar-refractivity contribution in [3.63, 3.8) is 0 Å². The van der Waals surface area contributed by atoms with Gasteiger partial charge in [0.1, 0.15) is 5.69 Å². The van der Waals surface area contributed by atoms with Crippen LogP contribution in [0.25, 0.3) is 0 Å². The average Bonchev–Trinajstić information content (AvgIpc) is 3.45. The zero-order valence-electron chi connectivity index (χ0n) is 16.8. The van der Waals surface area contributed by atoms with Crippen LogP contribution in [-0.4, -0.2) is 45.9 Å². The van der Waals surface area contributed by atoms with Gasteiger partial charge in [-0.3, -0.25) is 14.2 Å². The van der Waals surface area contributed by atoms with Gasteiger partial charge in [-0.15, -0.1) is 0 Å². The van der Waals surface area contributed by atoms with Crippen LogP contribution in [0.2, 0.25) is 0 Å². The molecule has 29 heavy (non-hydrogen) atoms. The molecule has 2 aromatic rings. The summed E-state index contributed by atoms with van der Waals surface area (Å²) in [5, 5.41) is 3.15. The van der Waals surface area contributed by atoms with Crippen molar-refractivity contribution in [2.75, 3.05) is 19.6 Å². The molecule has 1 saturated heterocycles. The SMILES string of the molecule is Cn1c(C(=O)N2CCCC(CNC(=O)C3(Cc4ccccc4)CC3)C2)c[nH]c1=O. The Bertz CT molecular complexity index is 942. The molecule has 2 fully saturated rings. The Morgan fingerprint density at radius 2 is 2.00 bits per heavy atom. The van der Waals surface area contributed by atoms with E-state index in [0.29, 0.717) is 25.3 Å². The van der Waals surface area contributed by atoms with E-state index in [1.807, 2.05) is 18.2 Å². The van der Waals surface area contributed by atoms with Crippen LogP contribution in [-0.2, 0) is 18.3 Å². The molecule has 7 heteroatoms. The van der Waals surface area contributed by atoms with Crippen molar-refractivity contribution in [1.29, 1.82) is 0 Å². The first-order valence-corrected chi connectivity index (χ1v) is 10.3. The lowest BCUT2D eigenvalue weighted by Crippen LogP contribution is -2.45. The van der Waals surface area contributed by atoms with Gasteiger partial charge in [0.2, 0.25) is 5.91 Å². The molecule has 2 aliphatic rings. The molecule has 1 aromatic heterocycles. The summed E-state index contributed by atoms with van der Waals surface area (Å²) in [6, 6.07) is 10.2. The molecular weight excluding hydrogens is 368 g/mol. The van der Waals surface area contributed by atoms with Crippen LogP contribution in [0.15, 0.2) is 41.3 Å². The first kappa shape index (κ1) is 19.5. The van der Waals surface area contributed by atoms with E-state index in [2.05, 4.69) is 22.4 Å². The third-order valence-electron chi connectivity index (χ3n) is 6.30. The first-order valence-electron chi connectivity index (χ1n) is 10.3. The molecule has 4 rings (SSSR count). The number of H-pyrrole nitrogens is 1. The molecule has 1 unspecified atom stereocenters. The lowest BCUT2D eigenvalue weighted by Gasteiger charge is -2.33. The molecule has 7 nitrogen and oxygen atoms in total. The number of hydrogen-bond donors (Lipinski definition) is 2. The quantitative estimate of drug-likeness (QED) is 0.779. The van der Waals surface area contributed by atoms with Gasteiger partial charge in [0.15, 0.2) is 0 Å². The van der Waals surface area contributed by atoms with Gasteiger partial charge in [-0.1, -0.05) is 30.3 Å². The number of nitrogens with one attached hydrogen (secondary N) is 2. The number of aromatic amines is 1. The Labute approximate surface area is 170 Å². The van der Waals surface area contributed by atoms with E-state index in [1.165, 1.54) is 16.3 Å². The third kappa shape index (κ3) is 4.13. The number of benzene rings is 1. The fourth-order valence-corrected chi connectivity index (χ4v) is 4.26. The van der Waals surface area contributed by atoms with E-state index in [9.17, 15) is 14.4 Å². The number of carbonyl (C=O) groups is 2. The number of nitrogens with zero attached hydrogens (tertiary/aromatic N) is 2. The number of piperidine rings is 1. The van der Waals surface area contributed by atoms with Crippen molar-refractivity contribution < 1.29 is 9.59 Å². The Balaban J connectivity index is 1.32. The Morgan fingerprint density at radius 1 is 1.24 bits per heavy atom. The predicted molar refractivity (Wildman–Crippen MR) is 109 cm³/mol. The van der Waals surface area contributed by atoms with E-state index < -0.39 is 0 Å². The number of amides is 2. The van der Waals surface area contributed by atoms with Crippen LogP contribution >= 0.6 is 0 Å². The lowest BCUT2D eigenvalue weighted by atomic mass is 9.94. The van der Waals surface area contributed by atoms with Crippen molar-refractivity contribution in [1.82, 2.24) is 19.8 Å². The van der Waals surface area contributed by atoms with Gasteiger partial charge >= 0.3 is 5.69 Å². The topological polar surface area (TPSA) is 87.2 Å². The van der Waals surface area contributed by atoms with Gasteiger partial charge in [0.05, 0.1) is 5.41 Å². The Morgan fingerprint density at radius 3 is 2.66 bits per heavy atom. The summed E-state index contributed by atoms with van der Waals surface area (Å²) in [5.74, 6) is 0.239.